The van der Waals surface area contributed by atoms with Crippen LogP contribution < -0.4 is 11.1 Å². The average molecular weight is 348 g/mol. The van der Waals surface area contributed by atoms with Gasteiger partial charge in [0.05, 0.1) is 5.41 Å². The lowest BCUT2D eigenvalue weighted by Crippen LogP contribution is -2.44. The lowest BCUT2D eigenvalue weighted by atomic mass is 9.78. The molecular formula is C14H20BrClN2O. The molecule has 1 amide bonds. The van der Waals surface area contributed by atoms with E-state index in [-0.39, 0.29) is 23.7 Å². The number of benzene rings is 1. The molecule has 19 heavy (non-hydrogen) atoms. The van der Waals surface area contributed by atoms with E-state index in [2.05, 4.69) is 33.4 Å². The number of halogens is 2. The standard InChI is InChI=1S/C14H19BrN2O.ClH/c15-12-5-3-11(4-6-12)14(7-1-2-8-14)13(18)17-10-9-16;/h3-6H,1-2,7-10,16H2,(H,17,18);1H. The van der Waals surface area contributed by atoms with Crippen molar-refractivity contribution in [2.24, 2.45) is 5.73 Å². The number of amides is 1. The number of hydrogen-bond donors (Lipinski definition) is 2. The van der Waals surface area contributed by atoms with E-state index < -0.39 is 0 Å². The third kappa shape index (κ3) is 3.50. The van der Waals surface area contributed by atoms with Crippen LogP contribution in [0.4, 0.5) is 0 Å². The van der Waals surface area contributed by atoms with Crippen molar-refractivity contribution in [3.8, 4) is 0 Å². The lowest BCUT2D eigenvalue weighted by Gasteiger charge is -2.28. The fourth-order valence-electron chi connectivity index (χ4n) is 2.75. The Kier molecular flexibility index (Phi) is 6.30. The summed E-state index contributed by atoms with van der Waals surface area (Å²) in [7, 11) is 0. The molecule has 0 atom stereocenters. The van der Waals surface area contributed by atoms with Crippen LogP contribution in [0.2, 0.25) is 0 Å². The molecule has 1 fully saturated rings. The van der Waals surface area contributed by atoms with Crippen LogP contribution in [0.25, 0.3) is 0 Å². The molecular weight excluding hydrogens is 328 g/mol. The zero-order valence-corrected chi connectivity index (χ0v) is 13.2. The molecule has 1 aromatic carbocycles. The van der Waals surface area contributed by atoms with E-state index in [0.29, 0.717) is 13.1 Å². The van der Waals surface area contributed by atoms with Gasteiger partial charge in [0.2, 0.25) is 5.91 Å². The van der Waals surface area contributed by atoms with Crippen molar-refractivity contribution in [2.45, 2.75) is 31.1 Å². The minimum absolute atomic E-state index is 0. The molecule has 0 aliphatic heterocycles. The highest BCUT2D eigenvalue weighted by molar-refractivity contribution is 9.10. The van der Waals surface area contributed by atoms with Crippen LogP contribution >= 0.6 is 28.3 Å². The first-order valence-corrected chi connectivity index (χ1v) is 7.23. The summed E-state index contributed by atoms with van der Waals surface area (Å²) in [4.78, 5) is 12.4. The van der Waals surface area contributed by atoms with Gasteiger partial charge in [0.25, 0.3) is 0 Å². The van der Waals surface area contributed by atoms with E-state index in [0.717, 1.165) is 35.7 Å². The second kappa shape index (κ2) is 7.27. The van der Waals surface area contributed by atoms with Crippen LogP contribution in [0, 0.1) is 0 Å². The lowest BCUT2D eigenvalue weighted by molar-refractivity contribution is -0.126. The zero-order chi connectivity index (χ0) is 13.0. The quantitative estimate of drug-likeness (QED) is 0.880. The minimum Gasteiger partial charge on any atom is -0.354 e. The Balaban J connectivity index is 0.00000180. The Morgan fingerprint density at radius 3 is 2.37 bits per heavy atom. The van der Waals surface area contributed by atoms with Crippen LogP contribution in [0.3, 0.4) is 0 Å². The Hall–Kier alpha value is -0.580. The first kappa shape index (κ1) is 16.5. The van der Waals surface area contributed by atoms with Crippen molar-refractivity contribution >= 4 is 34.2 Å². The highest BCUT2D eigenvalue weighted by atomic mass is 79.9. The number of carbonyl (C=O) groups excluding carboxylic acids is 1. The molecule has 106 valence electrons. The van der Waals surface area contributed by atoms with Crippen molar-refractivity contribution in [2.75, 3.05) is 13.1 Å². The number of nitrogens with one attached hydrogen (secondary N) is 1. The summed E-state index contributed by atoms with van der Waals surface area (Å²) in [6.07, 6.45) is 4.11. The smallest absolute Gasteiger partial charge is 0.230 e. The van der Waals surface area contributed by atoms with Gasteiger partial charge < -0.3 is 11.1 Å². The highest BCUT2D eigenvalue weighted by Crippen LogP contribution is 2.41. The predicted molar refractivity (Wildman–Crippen MR) is 83.6 cm³/mol. The largest absolute Gasteiger partial charge is 0.354 e. The van der Waals surface area contributed by atoms with Crippen molar-refractivity contribution in [3.63, 3.8) is 0 Å². The van der Waals surface area contributed by atoms with Gasteiger partial charge in [-0.2, -0.15) is 0 Å². The maximum absolute atomic E-state index is 12.4. The average Bonchev–Trinajstić information content (AvgIpc) is 2.87. The summed E-state index contributed by atoms with van der Waals surface area (Å²) >= 11 is 3.43. The summed E-state index contributed by atoms with van der Waals surface area (Å²) in [5.41, 5.74) is 6.24. The topological polar surface area (TPSA) is 55.1 Å². The van der Waals surface area contributed by atoms with E-state index in [1.807, 2.05) is 12.1 Å². The maximum Gasteiger partial charge on any atom is 0.230 e. The van der Waals surface area contributed by atoms with Gasteiger partial charge in [0.15, 0.2) is 0 Å². The molecule has 0 aromatic heterocycles. The van der Waals surface area contributed by atoms with E-state index in [9.17, 15) is 4.79 Å². The fraction of sp³-hybridized carbons (Fsp3) is 0.500. The molecule has 0 saturated heterocycles. The van der Waals surface area contributed by atoms with Crippen molar-refractivity contribution < 1.29 is 4.79 Å². The molecule has 3 N–H and O–H groups in total. The molecule has 0 spiro atoms. The Bertz CT molecular complexity index is 416. The Morgan fingerprint density at radius 2 is 1.84 bits per heavy atom. The number of rotatable bonds is 4. The van der Waals surface area contributed by atoms with E-state index in [1.165, 1.54) is 0 Å². The van der Waals surface area contributed by atoms with E-state index >= 15 is 0 Å². The van der Waals surface area contributed by atoms with Crippen molar-refractivity contribution in [3.05, 3.63) is 34.3 Å². The van der Waals surface area contributed by atoms with Crippen LogP contribution in [0.5, 0.6) is 0 Å². The first-order chi connectivity index (χ1) is 8.69. The van der Waals surface area contributed by atoms with Crippen LogP contribution in [-0.2, 0) is 10.2 Å². The molecule has 0 unspecified atom stereocenters. The summed E-state index contributed by atoms with van der Waals surface area (Å²) in [6, 6.07) is 8.12. The summed E-state index contributed by atoms with van der Waals surface area (Å²) < 4.78 is 1.04. The summed E-state index contributed by atoms with van der Waals surface area (Å²) in [6.45, 7) is 1.04. The van der Waals surface area contributed by atoms with Crippen LogP contribution in [0.1, 0.15) is 31.2 Å². The van der Waals surface area contributed by atoms with Gasteiger partial charge in [-0.25, -0.2) is 0 Å². The molecule has 0 radical (unpaired) electrons. The van der Waals surface area contributed by atoms with Crippen molar-refractivity contribution in [1.29, 1.82) is 0 Å². The molecule has 5 heteroatoms. The fourth-order valence-corrected chi connectivity index (χ4v) is 3.01. The number of nitrogens with two attached hydrogens (primary N) is 1. The second-order valence-electron chi connectivity index (χ2n) is 4.84. The van der Waals surface area contributed by atoms with Gasteiger partial charge in [0.1, 0.15) is 0 Å². The zero-order valence-electron chi connectivity index (χ0n) is 10.8. The predicted octanol–water partition coefficient (Wildman–Crippen LogP) is 2.76. The SMILES string of the molecule is Cl.NCCNC(=O)C1(c2ccc(Br)cc2)CCCC1. The number of carbonyl (C=O) groups is 1. The van der Waals surface area contributed by atoms with Crippen LogP contribution in [0.15, 0.2) is 28.7 Å². The highest BCUT2D eigenvalue weighted by Gasteiger charge is 2.42. The van der Waals surface area contributed by atoms with Gasteiger partial charge >= 0.3 is 0 Å². The Labute approximate surface area is 128 Å². The van der Waals surface area contributed by atoms with Crippen molar-refractivity contribution in [1.82, 2.24) is 5.32 Å². The molecule has 1 aromatic rings. The maximum atomic E-state index is 12.4. The van der Waals surface area contributed by atoms with E-state index in [1.54, 1.807) is 0 Å². The number of hydrogen-bond acceptors (Lipinski definition) is 2. The third-order valence-electron chi connectivity index (χ3n) is 3.72. The molecule has 1 aliphatic carbocycles. The molecule has 1 aliphatic rings. The molecule has 0 bridgehead atoms. The monoisotopic (exact) mass is 346 g/mol. The van der Waals surface area contributed by atoms with Gasteiger partial charge in [-0.1, -0.05) is 40.9 Å². The molecule has 2 rings (SSSR count). The van der Waals surface area contributed by atoms with Gasteiger partial charge in [-0.05, 0) is 30.5 Å². The Morgan fingerprint density at radius 1 is 1.26 bits per heavy atom. The van der Waals surface area contributed by atoms with Gasteiger partial charge in [0, 0.05) is 17.6 Å². The summed E-state index contributed by atoms with van der Waals surface area (Å²) in [5.74, 6) is 0.132. The molecule has 1 saturated carbocycles. The van der Waals surface area contributed by atoms with Crippen LogP contribution in [-0.4, -0.2) is 19.0 Å². The second-order valence-corrected chi connectivity index (χ2v) is 5.76. The first-order valence-electron chi connectivity index (χ1n) is 6.43. The third-order valence-corrected chi connectivity index (χ3v) is 4.25. The molecule has 3 nitrogen and oxygen atoms in total. The van der Waals surface area contributed by atoms with E-state index in [4.69, 9.17) is 5.73 Å². The van der Waals surface area contributed by atoms with Gasteiger partial charge in [-0.15, -0.1) is 12.4 Å². The summed E-state index contributed by atoms with van der Waals surface area (Å²) in [5, 5.41) is 2.95. The normalized spacial score (nSPS) is 16.7. The van der Waals surface area contributed by atoms with Gasteiger partial charge in [-0.3, -0.25) is 4.79 Å². The molecule has 0 heterocycles. The minimum atomic E-state index is -0.337.